The molecular formula is C7H14ClF2NO. The third kappa shape index (κ3) is 2.84. The molecule has 0 aromatic rings. The molecule has 5 heteroatoms. The molecule has 1 heterocycles. The van der Waals surface area contributed by atoms with Crippen molar-refractivity contribution in [2.24, 2.45) is 5.92 Å². The molecule has 0 aliphatic carbocycles. The van der Waals surface area contributed by atoms with E-state index in [0.29, 0.717) is 25.9 Å². The molecule has 0 aromatic heterocycles. The summed E-state index contributed by atoms with van der Waals surface area (Å²) < 4.78 is 25.5. The molecule has 2 N–H and O–H groups in total. The Balaban J connectivity index is 0.00000121. The van der Waals surface area contributed by atoms with Gasteiger partial charge >= 0.3 is 0 Å². The van der Waals surface area contributed by atoms with Gasteiger partial charge in [0.05, 0.1) is 0 Å². The maximum Gasteiger partial charge on any atom is 0.273 e. The molecule has 1 fully saturated rings. The Morgan fingerprint density at radius 2 is 1.83 bits per heavy atom. The van der Waals surface area contributed by atoms with Crippen molar-refractivity contribution in [2.75, 3.05) is 19.7 Å². The highest BCUT2D eigenvalue weighted by molar-refractivity contribution is 5.85. The molecule has 1 saturated heterocycles. The zero-order chi connectivity index (χ0) is 8.32. The molecule has 0 aromatic carbocycles. The van der Waals surface area contributed by atoms with E-state index in [9.17, 15) is 8.78 Å². The van der Waals surface area contributed by atoms with Crippen LogP contribution in [0.25, 0.3) is 0 Å². The van der Waals surface area contributed by atoms with Crippen LogP contribution in [0.4, 0.5) is 8.78 Å². The number of halogens is 3. The number of nitrogens with one attached hydrogen (secondary N) is 1. The molecule has 1 aliphatic heterocycles. The second kappa shape index (κ2) is 4.94. The van der Waals surface area contributed by atoms with E-state index in [1.165, 1.54) is 0 Å². The number of rotatable bonds is 2. The van der Waals surface area contributed by atoms with Crippen LogP contribution in [0.1, 0.15) is 12.8 Å². The van der Waals surface area contributed by atoms with Crippen molar-refractivity contribution in [1.29, 1.82) is 0 Å². The molecule has 74 valence electrons. The standard InChI is InChI=1S/C7H13F2NO.ClH/c8-7(9,5-11)6-1-3-10-4-2-6;/h6,10-11H,1-5H2;1H. The van der Waals surface area contributed by atoms with Crippen molar-refractivity contribution in [2.45, 2.75) is 18.8 Å². The Labute approximate surface area is 76.8 Å². The number of piperidine rings is 1. The van der Waals surface area contributed by atoms with Gasteiger partial charge in [-0.2, -0.15) is 0 Å². The number of hydrogen-bond donors (Lipinski definition) is 2. The summed E-state index contributed by atoms with van der Waals surface area (Å²) in [6, 6.07) is 0. The lowest BCUT2D eigenvalue weighted by Crippen LogP contribution is -2.40. The van der Waals surface area contributed by atoms with E-state index in [-0.39, 0.29) is 12.4 Å². The van der Waals surface area contributed by atoms with Gasteiger partial charge in [0.15, 0.2) is 0 Å². The highest BCUT2D eigenvalue weighted by Crippen LogP contribution is 2.30. The van der Waals surface area contributed by atoms with Crippen LogP contribution in [-0.2, 0) is 0 Å². The van der Waals surface area contributed by atoms with Gasteiger partial charge in [0.25, 0.3) is 5.92 Å². The van der Waals surface area contributed by atoms with Crippen LogP contribution >= 0.6 is 12.4 Å². The van der Waals surface area contributed by atoms with Crippen LogP contribution < -0.4 is 5.32 Å². The normalized spacial score (nSPS) is 20.2. The van der Waals surface area contributed by atoms with Crippen LogP contribution in [0.15, 0.2) is 0 Å². The molecule has 12 heavy (non-hydrogen) atoms. The van der Waals surface area contributed by atoms with Crippen molar-refractivity contribution >= 4 is 12.4 Å². The highest BCUT2D eigenvalue weighted by Gasteiger charge is 2.38. The van der Waals surface area contributed by atoms with Gasteiger partial charge in [0, 0.05) is 5.92 Å². The summed E-state index contributed by atoms with van der Waals surface area (Å²) in [4.78, 5) is 0. The molecule has 1 aliphatic rings. The first-order valence-electron chi connectivity index (χ1n) is 3.86. The Morgan fingerprint density at radius 3 is 2.25 bits per heavy atom. The first-order chi connectivity index (χ1) is 5.17. The van der Waals surface area contributed by atoms with E-state index in [2.05, 4.69) is 5.32 Å². The van der Waals surface area contributed by atoms with Crippen LogP contribution in [0.2, 0.25) is 0 Å². The predicted octanol–water partition coefficient (Wildman–Crippen LogP) is 1.04. The minimum absolute atomic E-state index is 0. The van der Waals surface area contributed by atoms with Crippen LogP contribution in [0.5, 0.6) is 0 Å². The Kier molecular flexibility index (Phi) is 4.97. The first-order valence-corrected chi connectivity index (χ1v) is 3.86. The van der Waals surface area contributed by atoms with Gasteiger partial charge < -0.3 is 10.4 Å². The fourth-order valence-electron chi connectivity index (χ4n) is 1.37. The molecule has 0 unspecified atom stereocenters. The van der Waals surface area contributed by atoms with Crippen molar-refractivity contribution in [3.8, 4) is 0 Å². The fourth-order valence-corrected chi connectivity index (χ4v) is 1.37. The summed E-state index contributed by atoms with van der Waals surface area (Å²) in [5, 5.41) is 11.4. The SMILES string of the molecule is Cl.OCC(F)(F)C1CCNCC1. The maximum absolute atomic E-state index is 12.8. The molecule has 0 bridgehead atoms. The molecule has 0 atom stereocenters. The molecule has 1 rings (SSSR count). The Morgan fingerprint density at radius 1 is 1.33 bits per heavy atom. The van der Waals surface area contributed by atoms with Crippen LogP contribution in [0, 0.1) is 5.92 Å². The minimum atomic E-state index is -2.87. The van der Waals surface area contributed by atoms with Crippen LogP contribution in [0.3, 0.4) is 0 Å². The predicted molar refractivity (Wildman–Crippen MR) is 44.9 cm³/mol. The minimum Gasteiger partial charge on any atom is -0.390 e. The van der Waals surface area contributed by atoms with E-state index in [0.717, 1.165) is 0 Å². The molecule has 0 saturated carbocycles. The zero-order valence-corrected chi connectivity index (χ0v) is 7.54. The first kappa shape index (κ1) is 12.1. The smallest absolute Gasteiger partial charge is 0.273 e. The second-order valence-corrected chi connectivity index (χ2v) is 2.94. The Hall–Kier alpha value is 0.0700. The molecular weight excluding hydrogens is 188 g/mol. The average molecular weight is 202 g/mol. The summed E-state index contributed by atoms with van der Waals surface area (Å²) in [7, 11) is 0. The molecule has 0 radical (unpaired) electrons. The number of alkyl halides is 2. The van der Waals surface area contributed by atoms with Gasteiger partial charge in [-0.25, -0.2) is 8.78 Å². The highest BCUT2D eigenvalue weighted by atomic mass is 35.5. The van der Waals surface area contributed by atoms with Crippen molar-refractivity contribution in [3.63, 3.8) is 0 Å². The molecule has 0 spiro atoms. The van der Waals surface area contributed by atoms with E-state index < -0.39 is 18.4 Å². The van der Waals surface area contributed by atoms with E-state index in [1.54, 1.807) is 0 Å². The second-order valence-electron chi connectivity index (χ2n) is 2.94. The van der Waals surface area contributed by atoms with Gasteiger partial charge in [-0.15, -0.1) is 12.4 Å². The van der Waals surface area contributed by atoms with Crippen molar-refractivity contribution in [1.82, 2.24) is 5.32 Å². The summed E-state index contributed by atoms with van der Waals surface area (Å²) >= 11 is 0. The number of aliphatic hydroxyl groups excluding tert-OH is 1. The number of aliphatic hydroxyl groups is 1. The summed E-state index contributed by atoms with van der Waals surface area (Å²) in [6.45, 7) is 0.262. The molecule has 2 nitrogen and oxygen atoms in total. The van der Waals surface area contributed by atoms with E-state index in [4.69, 9.17) is 5.11 Å². The average Bonchev–Trinajstić information content (AvgIpc) is 2.06. The summed E-state index contributed by atoms with van der Waals surface area (Å²) in [5.74, 6) is -3.50. The fraction of sp³-hybridized carbons (Fsp3) is 1.00. The van der Waals surface area contributed by atoms with Gasteiger partial charge in [-0.3, -0.25) is 0 Å². The van der Waals surface area contributed by atoms with E-state index >= 15 is 0 Å². The lowest BCUT2D eigenvalue weighted by molar-refractivity contribution is -0.105. The maximum atomic E-state index is 12.8. The third-order valence-electron chi connectivity index (χ3n) is 2.15. The largest absolute Gasteiger partial charge is 0.390 e. The monoisotopic (exact) mass is 201 g/mol. The van der Waals surface area contributed by atoms with Gasteiger partial charge in [-0.1, -0.05) is 0 Å². The summed E-state index contributed by atoms with van der Waals surface area (Å²) in [6.07, 6.45) is 0.932. The van der Waals surface area contributed by atoms with E-state index in [1.807, 2.05) is 0 Å². The lowest BCUT2D eigenvalue weighted by Gasteiger charge is -2.28. The van der Waals surface area contributed by atoms with Gasteiger partial charge in [0.1, 0.15) is 6.61 Å². The van der Waals surface area contributed by atoms with Gasteiger partial charge in [-0.05, 0) is 25.9 Å². The van der Waals surface area contributed by atoms with Crippen molar-refractivity contribution in [3.05, 3.63) is 0 Å². The Bertz CT molecular complexity index is 129. The number of hydrogen-bond acceptors (Lipinski definition) is 2. The summed E-state index contributed by atoms with van der Waals surface area (Å²) in [5.41, 5.74) is 0. The molecule has 0 amide bonds. The van der Waals surface area contributed by atoms with Crippen molar-refractivity contribution < 1.29 is 13.9 Å². The lowest BCUT2D eigenvalue weighted by atomic mass is 9.92. The zero-order valence-electron chi connectivity index (χ0n) is 6.72. The third-order valence-corrected chi connectivity index (χ3v) is 2.15. The topological polar surface area (TPSA) is 32.3 Å². The quantitative estimate of drug-likeness (QED) is 0.700. The van der Waals surface area contributed by atoms with Crippen LogP contribution in [-0.4, -0.2) is 30.7 Å². The van der Waals surface area contributed by atoms with Gasteiger partial charge in [0.2, 0.25) is 0 Å².